The molecule has 7 nitrogen and oxygen atoms in total. The molecule has 2 aliphatic carbocycles. The first-order chi connectivity index (χ1) is 15.1. The molecule has 2 aromatic rings. The summed E-state index contributed by atoms with van der Waals surface area (Å²) >= 11 is 0. The molecule has 2 saturated heterocycles. The minimum atomic E-state index is -2.94. The molecule has 2 saturated carbocycles. The Morgan fingerprint density at radius 2 is 1.84 bits per heavy atom. The molecule has 0 spiro atoms. The first kappa shape index (κ1) is 19.4. The number of rotatable bonds is 6. The largest absolute Gasteiger partial charge is 0.431 e. The second kappa shape index (κ2) is 7.41. The lowest BCUT2D eigenvalue weighted by molar-refractivity contribution is -0.0610. The van der Waals surface area contributed by atoms with Crippen LogP contribution in [-0.2, 0) is 4.74 Å². The molecule has 2 N–H and O–H groups in total. The lowest BCUT2D eigenvalue weighted by Gasteiger charge is -2.35. The minimum absolute atomic E-state index is 0.0451. The van der Waals surface area contributed by atoms with Gasteiger partial charge in [0.2, 0.25) is 0 Å². The number of fused-ring (bicyclic) bond motifs is 1. The normalized spacial score (nSPS) is 28.8. The zero-order chi connectivity index (χ0) is 21.1. The van der Waals surface area contributed by atoms with Crippen LogP contribution in [0, 0.1) is 11.8 Å². The second-order valence-electron chi connectivity index (χ2n) is 9.32. The maximum absolute atomic E-state index is 12.7. The number of piperidine rings is 1. The number of anilines is 1. The average Bonchev–Trinajstić information content (AvgIpc) is 3.18. The number of nitrogen functional groups attached to an aromatic ring is 1. The first-order valence-corrected chi connectivity index (χ1v) is 11.2. The van der Waals surface area contributed by atoms with E-state index < -0.39 is 6.61 Å². The SMILES string of the molecule is Nc1ncc(-c2cc([C@H]3[C@@H]4CN(C5COC5)C[C@@H]43)n(C3CCCC3)n2)cc1OC(F)F. The van der Waals surface area contributed by atoms with E-state index >= 15 is 0 Å². The van der Waals surface area contributed by atoms with Crippen molar-refractivity contribution in [2.24, 2.45) is 11.8 Å². The van der Waals surface area contributed by atoms with E-state index in [2.05, 4.69) is 25.4 Å². The molecule has 0 amide bonds. The maximum Gasteiger partial charge on any atom is 0.387 e. The standard InChI is InChI=1S/C22H27F2N5O2/c23-22(24)31-19-5-12(7-26-21(19)25)17-6-18(29(27-17)13-3-1-2-4-13)20-15-8-28(9-16(15)20)14-10-30-11-14/h5-7,13-16,20,22H,1-4,8-11H2,(H2,25,26)/t15-,16+,20+. The number of alkyl halides is 2. The highest BCUT2D eigenvalue weighted by Crippen LogP contribution is 2.59. The highest BCUT2D eigenvalue weighted by Gasteiger charge is 2.59. The van der Waals surface area contributed by atoms with E-state index in [1.54, 1.807) is 6.20 Å². The van der Waals surface area contributed by atoms with Gasteiger partial charge in [-0.25, -0.2) is 4.98 Å². The molecule has 31 heavy (non-hydrogen) atoms. The fourth-order valence-electron chi connectivity index (χ4n) is 5.76. The molecular formula is C22H27F2N5O2. The van der Waals surface area contributed by atoms with Crippen molar-refractivity contribution in [3.63, 3.8) is 0 Å². The third-order valence-electron chi connectivity index (χ3n) is 7.53. The van der Waals surface area contributed by atoms with Crippen LogP contribution in [0.4, 0.5) is 14.6 Å². The van der Waals surface area contributed by atoms with E-state index in [1.807, 2.05) is 0 Å². The van der Waals surface area contributed by atoms with E-state index in [4.69, 9.17) is 15.6 Å². The molecule has 4 fully saturated rings. The fraction of sp³-hybridized carbons (Fsp3) is 0.636. The van der Waals surface area contributed by atoms with Gasteiger partial charge < -0.3 is 15.2 Å². The van der Waals surface area contributed by atoms with Crippen molar-refractivity contribution in [2.45, 2.75) is 50.3 Å². The number of ether oxygens (including phenoxy) is 2. The molecule has 166 valence electrons. The molecule has 0 unspecified atom stereocenters. The van der Waals surface area contributed by atoms with Gasteiger partial charge >= 0.3 is 6.61 Å². The van der Waals surface area contributed by atoms with Gasteiger partial charge in [0.15, 0.2) is 11.6 Å². The predicted molar refractivity (Wildman–Crippen MR) is 110 cm³/mol. The first-order valence-electron chi connectivity index (χ1n) is 11.2. The van der Waals surface area contributed by atoms with Crippen molar-refractivity contribution in [3.05, 3.63) is 24.0 Å². The van der Waals surface area contributed by atoms with E-state index in [0.717, 1.165) is 44.8 Å². The molecule has 4 aliphatic rings. The average molecular weight is 431 g/mol. The number of hydrogen-bond acceptors (Lipinski definition) is 6. The Labute approximate surface area is 179 Å². The summed E-state index contributed by atoms with van der Waals surface area (Å²) in [6.45, 7) is 1.04. The third-order valence-corrected chi connectivity index (χ3v) is 7.53. The number of nitrogens with zero attached hydrogens (tertiary/aromatic N) is 4. The number of halogens is 2. The van der Waals surface area contributed by atoms with Crippen molar-refractivity contribution >= 4 is 5.82 Å². The molecule has 4 heterocycles. The second-order valence-corrected chi connectivity index (χ2v) is 9.32. The number of pyridine rings is 1. The number of hydrogen-bond donors (Lipinski definition) is 1. The highest BCUT2D eigenvalue weighted by molar-refractivity contribution is 5.64. The zero-order valence-electron chi connectivity index (χ0n) is 17.3. The third kappa shape index (κ3) is 3.38. The van der Waals surface area contributed by atoms with E-state index in [1.165, 1.54) is 24.6 Å². The predicted octanol–water partition coefficient (Wildman–Crippen LogP) is 3.29. The summed E-state index contributed by atoms with van der Waals surface area (Å²) in [6.07, 6.45) is 6.32. The molecule has 0 aromatic carbocycles. The van der Waals surface area contributed by atoms with Crippen molar-refractivity contribution in [2.75, 3.05) is 32.0 Å². The van der Waals surface area contributed by atoms with Gasteiger partial charge in [0, 0.05) is 36.5 Å². The summed E-state index contributed by atoms with van der Waals surface area (Å²) in [6, 6.07) is 4.67. The fourth-order valence-corrected chi connectivity index (χ4v) is 5.76. The van der Waals surface area contributed by atoms with Gasteiger partial charge in [0.05, 0.1) is 31.0 Å². The Balaban J connectivity index is 1.29. The smallest absolute Gasteiger partial charge is 0.387 e. The molecule has 0 radical (unpaired) electrons. The summed E-state index contributed by atoms with van der Waals surface area (Å²) in [5, 5.41) is 4.94. The van der Waals surface area contributed by atoms with Crippen molar-refractivity contribution in [1.82, 2.24) is 19.7 Å². The van der Waals surface area contributed by atoms with Gasteiger partial charge in [-0.1, -0.05) is 12.8 Å². The van der Waals surface area contributed by atoms with Crippen LogP contribution in [-0.4, -0.2) is 58.6 Å². The van der Waals surface area contributed by atoms with Crippen LogP contribution in [0.1, 0.15) is 43.3 Å². The van der Waals surface area contributed by atoms with Crippen molar-refractivity contribution < 1.29 is 18.3 Å². The maximum atomic E-state index is 12.7. The van der Waals surface area contributed by atoms with E-state index in [0.29, 0.717) is 35.4 Å². The summed E-state index contributed by atoms with van der Waals surface area (Å²) < 4.78 is 37.6. The van der Waals surface area contributed by atoms with Crippen LogP contribution in [0.2, 0.25) is 0 Å². The Kier molecular flexibility index (Phi) is 4.64. The lowest BCUT2D eigenvalue weighted by atomic mass is 10.1. The summed E-state index contributed by atoms with van der Waals surface area (Å²) in [5.74, 6) is 1.72. The minimum Gasteiger partial charge on any atom is -0.431 e. The van der Waals surface area contributed by atoms with Gasteiger partial charge in [0.25, 0.3) is 0 Å². The number of likely N-dealkylation sites (tertiary alicyclic amines) is 1. The van der Waals surface area contributed by atoms with Crippen molar-refractivity contribution in [3.8, 4) is 17.0 Å². The topological polar surface area (TPSA) is 78.4 Å². The van der Waals surface area contributed by atoms with Gasteiger partial charge in [-0.3, -0.25) is 9.58 Å². The molecule has 2 aliphatic heterocycles. The number of nitrogens with two attached hydrogens (primary N) is 1. The molecule has 2 aromatic heterocycles. The van der Waals surface area contributed by atoms with Crippen molar-refractivity contribution in [1.29, 1.82) is 0 Å². The van der Waals surface area contributed by atoms with Crippen LogP contribution in [0.25, 0.3) is 11.3 Å². The van der Waals surface area contributed by atoms with Crippen LogP contribution < -0.4 is 10.5 Å². The van der Waals surface area contributed by atoms with Gasteiger partial charge in [0.1, 0.15) is 0 Å². The van der Waals surface area contributed by atoms with Crippen LogP contribution in [0.15, 0.2) is 18.3 Å². The Hall–Kier alpha value is -2.26. The quantitative estimate of drug-likeness (QED) is 0.756. The van der Waals surface area contributed by atoms with Crippen LogP contribution in [0.3, 0.4) is 0 Å². The van der Waals surface area contributed by atoms with Crippen LogP contribution in [0.5, 0.6) is 5.75 Å². The molecule has 6 rings (SSSR count). The molecular weight excluding hydrogens is 404 g/mol. The Morgan fingerprint density at radius 1 is 1.10 bits per heavy atom. The molecule has 9 heteroatoms. The lowest BCUT2D eigenvalue weighted by Crippen LogP contribution is -2.48. The van der Waals surface area contributed by atoms with E-state index in [9.17, 15) is 8.78 Å². The molecule has 0 bridgehead atoms. The van der Waals surface area contributed by atoms with Gasteiger partial charge in [-0.15, -0.1) is 0 Å². The molecule has 3 atom stereocenters. The monoisotopic (exact) mass is 431 g/mol. The highest BCUT2D eigenvalue weighted by atomic mass is 19.3. The van der Waals surface area contributed by atoms with Gasteiger partial charge in [-0.2, -0.15) is 13.9 Å². The summed E-state index contributed by atoms with van der Waals surface area (Å²) in [7, 11) is 0. The number of aromatic nitrogens is 3. The summed E-state index contributed by atoms with van der Waals surface area (Å²) in [4.78, 5) is 6.63. The van der Waals surface area contributed by atoms with Gasteiger partial charge in [-0.05, 0) is 36.8 Å². The Morgan fingerprint density at radius 3 is 2.48 bits per heavy atom. The van der Waals surface area contributed by atoms with Crippen LogP contribution >= 0.6 is 0 Å². The summed E-state index contributed by atoms with van der Waals surface area (Å²) in [5.41, 5.74) is 8.41. The zero-order valence-corrected chi connectivity index (χ0v) is 17.3. The Bertz CT molecular complexity index is 961. The van der Waals surface area contributed by atoms with E-state index in [-0.39, 0.29) is 11.6 Å².